The number of likely N-dealkylation sites (tertiary alicyclic amines) is 1. The van der Waals surface area contributed by atoms with E-state index in [-0.39, 0.29) is 16.6 Å². The van der Waals surface area contributed by atoms with E-state index in [2.05, 4.69) is 4.72 Å². The molecular formula is C24H26N5O3S+. The fourth-order valence-electron chi connectivity index (χ4n) is 3.84. The minimum absolute atomic E-state index is 0.0393. The van der Waals surface area contributed by atoms with Crippen molar-refractivity contribution in [1.29, 1.82) is 5.41 Å². The first-order valence-corrected chi connectivity index (χ1v) is 12.0. The van der Waals surface area contributed by atoms with Gasteiger partial charge in [0.1, 0.15) is 18.9 Å². The number of pyridine rings is 1. The van der Waals surface area contributed by atoms with Gasteiger partial charge in [0.25, 0.3) is 0 Å². The molecule has 2 heterocycles. The van der Waals surface area contributed by atoms with Crippen LogP contribution in [0.25, 0.3) is 11.1 Å². The van der Waals surface area contributed by atoms with Gasteiger partial charge in [0.15, 0.2) is 12.4 Å². The highest BCUT2D eigenvalue weighted by molar-refractivity contribution is 7.89. The van der Waals surface area contributed by atoms with Crippen molar-refractivity contribution in [3.63, 3.8) is 0 Å². The molecular weight excluding hydrogens is 438 g/mol. The Labute approximate surface area is 193 Å². The lowest BCUT2D eigenvalue weighted by Gasteiger charge is -2.18. The average Bonchev–Trinajstić information content (AvgIpc) is 3.13. The van der Waals surface area contributed by atoms with E-state index in [9.17, 15) is 13.2 Å². The quantitative estimate of drug-likeness (QED) is 0.279. The Hall–Kier alpha value is -3.56. The van der Waals surface area contributed by atoms with E-state index >= 15 is 0 Å². The smallest absolute Gasteiger partial charge is 0.241 e. The molecule has 1 amide bonds. The second-order valence-electron chi connectivity index (χ2n) is 8.11. The van der Waals surface area contributed by atoms with Crippen molar-refractivity contribution in [2.24, 2.45) is 12.8 Å². The zero-order valence-corrected chi connectivity index (χ0v) is 19.0. The number of hydrogen-bond donors (Lipinski definition) is 3. The molecule has 1 atom stereocenters. The van der Waals surface area contributed by atoms with Gasteiger partial charge in [0, 0.05) is 30.8 Å². The first-order chi connectivity index (χ1) is 15.7. The summed E-state index contributed by atoms with van der Waals surface area (Å²) in [4.78, 5) is 14.6. The number of carbonyl (C=O) groups is 1. The van der Waals surface area contributed by atoms with E-state index in [1.165, 1.54) is 0 Å². The largest absolute Gasteiger partial charge is 0.384 e. The molecule has 1 aliphatic rings. The standard InChI is InChI=1S/C24H26N5O3S/c1-28-12-9-19(10-13-28)18-5-7-21(8-6-18)33(31,32)27-22-11-14-29(24(22)30)16-17-3-2-4-20(15-17)23(25)26/h2-10,12-13,15,22,27H,11,14,16H2,1H3,(H3,25,26)/q+1/t22-/m0/s1. The first kappa shape index (κ1) is 22.6. The third kappa shape index (κ3) is 5.10. The molecule has 0 aliphatic carbocycles. The SMILES string of the molecule is C[n+]1ccc(-c2ccc(S(=O)(=O)N[C@H]3CCN(Cc4cccc(C(=N)N)c4)C3=O)cc2)cc1. The van der Waals surface area contributed by atoms with Gasteiger partial charge in [0.2, 0.25) is 15.9 Å². The normalized spacial score (nSPS) is 16.2. The summed E-state index contributed by atoms with van der Waals surface area (Å²) in [5.41, 5.74) is 8.86. The molecule has 4 N–H and O–H groups in total. The van der Waals surface area contributed by atoms with Gasteiger partial charge in [0.05, 0.1) is 4.90 Å². The molecule has 0 bridgehead atoms. The number of carbonyl (C=O) groups excluding carboxylic acids is 1. The Morgan fingerprint density at radius 2 is 1.79 bits per heavy atom. The number of amidine groups is 1. The first-order valence-electron chi connectivity index (χ1n) is 10.5. The van der Waals surface area contributed by atoms with Crippen molar-refractivity contribution >= 4 is 21.8 Å². The van der Waals surface area contributed by atoms with Gasteiger partial charge in [-0.25, -0.2) is 13.0 Å². The van der Waals surface area contributed by atoms with Crippen LogP contribution in [0.15, 0.2) is 78.0 Å². The fourth-order valence-corrected chi connectivity index (χ4v) is 5.06. The van der Waals surface area contributed by atoms with Crippen LogP contribution in [0.2, 0.25) is 0 Å². The summed E-state index contributed by atoms with van der Waals surface area (Å²) in [6, 6.07) is 16.9. The van der Waals surface area contributed by atoms with Crippen molar-refractivity contribution in [2.45, 2.75) is 23.9 Å². The van der Waals surface area contributed by atoms with Gasteiger partial charge >= 0.3 is 0 Å². The minimum atomic E-state index is -3.84. The predicted octanol–water partition coefficient (Wildman–Crippen LogP) is 1.54. The van der Waals surface area contributed by atoms with Crippen LogP contribution in [0.5, 0.6) is 0 Å². The van der Waals surface area contributed by atoms with Gasteiger partial charge < -0.3 is 10.6 Å². The van der Waals surface area contributed by atoms with Crippen molar-refractivity contribution in [3.05, 3.63) is 84.2 Å². The summed E-state index contributed by atoms with van der Waals surface area (Å²) in [7, 11) is -1.91. The molecule has 4 rings (SSSR count). The summed E-state index contributed by atoms with van der Waals surface area (Å²) >= 11 is 0. The number of nitrogen functional groups attached to an aromatic ring is 1. The number of benzene rings is 2. The van der Waals surface area contributed by atoms with Gasteiger partial charge in [-0.2, -0.15) is 4.72 Å². The Kier molecular flexibility index (Phi) is 6.26. The molecule has 0 spiro atoms. The lowest BCUT2D eigenvalue weighted by molar-refractivity contribution is -0.671. The highest BCUT2D eigenvalue weighted by atomic mass is 32.2. The van der Waals surface area contributed by atoms with E-state index in [4.69, 9.17) is 11.1 Å². The molecule has 0 saturated carbocycles. The Bertz CT molecular complexity index is 1290. The molecule has 170 valence electrons. The Morgan fingerprint density at radius 1 is 1.12 bits per heavy atom. The summed E-state index contributed by atoms with van der Waals surface area (Å²) in [6.07, 6.45) is 4.24. The van der Waals surface area contributed by atoms with Crippen LogP contribution in [-0.4, -0.2) is 37.6 Å². The minimum Gasteiger partial charge on any atom is -0.384 e. The second kappa shape index (κ2) is 9.13. The molecule has 1 aromatic heterocycles. The number of amides is 1. The van der Waals surface area contributed by atoms with E-state index < -0.39 is 16.1 Å². The maximum absolute atomic E-state index is 12.9. The molecule has 0 radical (unpaired) electrons. The number of nitrogens with one attached hydrogen (secondary N) is 2. The molecule has 1 saturated heterocycles. The maximum atomic E-state index is 12.9. The molecule has 2 aromatic carbocycles. The zero-order valence-electron chi connectivity index (χ0n) is 18.2. The predicted molar refractivity (Wildman–Crippen MR) is 125 cm³/mol. The van der Waals surface area contributed by atoms with Crippen LogP contribution in [0, 0.1) is 5.41 Å². The van der Waals surface area contributed by atoms with Crippen molar-refractivity contribution < 1.29 is 17.8 Å². The molecule has 9 heteroatoms. The number of aromatic nitrogens is 1. The third-order valence-corrected chi connectivity index (χ3v) is 7.17. The zero-order chi connectivity index (χ0) is 23.6. The second-order valence-corrected chi connectivity index (χ2v) is 9.83. The van der Waals surface area contributed by atoms with Crippen molar-refractivity contribution in [1.82, 2.24) is 9.62 Å². The number of rotatable bonds is 7. The monoisotopic (exact) mass is 464 g/mol. The average molecular weight is 465 g/mol. The molecule has 8 nitrogen and oxygen atoms in total. The van der Waals surface area contributed by atoms with E-state index in [0.717, 1.165) is 16.7 Å². The number of hydrogen-bond acceptors (Lipinski definition) is 4. The number of nitrogens with zero attached hydrogens (tertiary/aromatic N) is 2. The third-order valence-electron chi connectivity index (χ3n) is 5.68. The summed E-state index contributed by atoms with van der Waals surface area (Å²) in [5, 5.41) is 7.56. The fraction of sp³-hybridized carbons (Fsp3) is 0.208. The van der Waals surface area contributed by atoms with Gasteiger partial charge in [-0.3, -0.25) is 10.2 Å². The highest BCUT2D eigenvalue weighted by Crippen LogP contribution is 2.22. The topological polar surface area (TPSA) is 120 Å². The number of aryl methyl sites for hydroxylation is 1. The van der Waals surface area contributed by atoms with E-state index in [0.29, 0.717) is 25.1 Å². The molecule has 1 fully saturated rings. The lowest BCUT2D eigenvalue weighted by atomic mass is 10.1. The summed E-state index contributed by atoms with van der Waals surface area (Å²) < 4.78 is 30.3. The van der Waals surface area contributed by atoms with Gasteiger partial charge in [-0.1, -0.05) is 30.3 Å². The Balaban J connectivity index is 1.43. The maximum Gasteiger partial charge on any atom is 0.241 e. The van der Waals surface area contributed by atoms with Crippen molar-refractivity contribution in [2.75, 3.05) is 6.54 Å². The highest BCUT2D eigenvalue weighted by Gasteiger charge is 2.34. The van der Waals surface area contributed by atoms with Crippen LogP contribution < -0.4 is 15.0 Å². The van der Waals surface area contributed by atoms with E-state index in [1.807, 2.05) is 42.2 Å². The Morgan fingerprint density at radius 3 is 2.45 bits per heavy atom. The van der Waals surface area contributed by atoms with Crippen LogP contribution in [0.3, 0.4) is 0 Å². The van der Waals surface area contributed by atoms with Crippen LogP contribution in [-0.2, 0) is 28.4 Å². The van der Waals surface area contributed by atoms with Crippen LogP contribution in [0.1, 0.15) is 17.5 Å². The van der Waals surface area contributed by atoms with Crippen LogP contribution >= 0.6 is 0 Å². The van der Waals surface area contributed by atoms with Crippen molar-refractivity contribution in [3.8, 4) is 11.1 Å². The molecule has 33 heavy (non-hydrogen) atoms. The molecule has 1 aliphatic heterocycles. The summed E-state index contributed by atoms with van der Waals surface area (Å²) in [5.74, 6) is -0.303. The number of sulfonamides is 1. The van der Waals surface area contributed by atoms with Crippen LogP contribution in [0.4, 0.5) is 0 Å². The molecule has 0 unspecified atom stereocenters. The number of nitrogens with two attached hydrogens (primary N) is 1. The molecule has 3 aromatic rings. The van der Waals surface area contributed by atoms with E-state index in [1.54, 1.807) is 47.4 Å². The summed E-state index contributed by atoms with van der Waals surface area (Å²) in [6.45, 7) is 0.780. The lowest BCUT2D eigenvalue weighted by Crippen LogP contribution is -2.41. The van der Waals surface area contributed by atoms with Gasteiger partial charge in [-0.05, 0) is 41.3 Å². The van der Waals surface area contributed by atoms with Gasteiger partial charge in [-0.15, -0.1) is 0 Å².